The minimum absolute atomic E-state index is 0.0803. The van der Waals surface area contributed by atoms with Gasteiger partial charge >= 0.3 is 5.97 Å². The van der Waals surface area contributed by atoms with Crippen molar-refractivity contribution in [2.24, 2.45) is 0 Å². The summed E-state index contributed by atoms with van der Waals surface area (Å²) in [5.41, 5.74) is 0.447. The molecule has 0 N–H and O–H groups in total. The molecule has 0 aliphatic heterocycles. The van der Waals surface area contributed by atoms with E-state index < -0.39 is 10.9 Å². The lowest BCUT2D eigenvalue weighted by Crippen LogP contribution is -2.15. The summed E-state index contributed by atoms with van der Waals surface area (Å²) in [6.07, 6.45) is 0. The third-order valence-electron chi connectivity index (χ3n) is 4.00. The first-order valence-electron chi connectivity index (χ1n) is 8.24. The average Bonchev–Trinajstić information content (AvgIpc) is 2.73. The molecule has 0 atom stereocenters. The highest BCUT2D eigenvalue weighted by Gasteiger charge is 2.22. The van der Waals surface area contributed by atoms with Gasteiger partial charge in [0.2, 0.25) is 0 Å². The second-order valence-corrected chi connectivity index (χ2v) is 5.72. The number of hydrogen-bond acceptors (Lipinski definition) is 6. The van der Waals surface area contributed by atoms with Crippen LogP contribution in [0.3, 0.4) is 0 Å². The van der Waals surface area contributed by atoms with Gasteiger partial charge < -0.3 is 9.47 Å². The number of carbonyl (C=O) groups is 2. The lowest BCUT2D eigenvalue weighted by molar-refractivity contribution is -0.384. The van der Waals surface area contributed by atoms with Gasteiger partial charge in [0, 0.05) is 17.7 Å². The van der Waals surface area contributed by atoms with Crippen LogP contribution in [0.15, 0.2) is 72.8 Å². The standard InChI is InChI=1S/C21H15NO6/c1-27-19-9-5-4-8-18(19)20(23)16-6-2-3-7-17(16)21(24)28-15-12-10-14(11-13-15)22(25)26/h2-13H,1H3. The first-order valence-corrected chi connectivity index (χ1v) is 8.24. The number of hydrogen-bond donors (Lipinski definition) is 0. The molecule has 3 aromatic rings. The van der Waals surface area contributed by atoms with E-state index in [0.717, 1.165) is 0 Å². The Morgan fingerprint density at radius 3 is 2.00 bits per heavy atom. The molecule has 0 spiro atoms. The van der Waals surface area contributed by atoms with Crippen molar-refractivity contribution >= 4 is 17.4 Å². The van der Waals surface area contributed by atoms with E-state index in [-0.39, 0.29) is 28.3 Å². The molecule has 140 valence electrons. The van der Waals surface area contributed by atoms with Crippen molar-refractivity contribution in [2.75, 3.05) is 7.11 Å². The highest BCUT2D eigenvalue weighted by Crippen LogP contribution is 2.24. The van der Waals surface area contributed by atoms with Gasteiger partial charge in [-0.2, -0.15) is 0 Å². The first kappa shape index (κ1) is 18.8. The molecule has 0 aromatic heterocycles. The summed E-state index contributed by atoms with van der Waals surface area (Å²) >= 11 is 0. The Bertz CT molecular complexity index is 1040. The highest BCUT2D eigenvalue weighted by atomic mass is 16.6. The van der Waals surface area contributed by atoms with Crippen molar-refractivity contribution in [1.29, 1.82) is 0 Å². The molecule has 28 heavy (non-hydrogen) atoms. The van der Waals surface area contributed by atoms with E-state index >= 15 is 0 Å². The molecular formula is C21H15NO6. The van der Waals surface area contributed by atoms with Gasteiger partial charge in [-0.15, -0.1) is 0 Å². The number of nitro benzene ring substituents is 1. The van der Waals surface area contributed by atoms with Crippen molar-refractivity contribution < 1.29 is 24.0 Å². The summed E-state index contributed by atoms with van der Waals surface area (Å²) in [5.74, 6) is -0.595. The third kappa shape index (κ3) is 3.88. The molecule has 0 heterocycles. The number of ether oxygens (including phenoxy) is 2. The van der Waals surface area contributed by atoms with E-state index in [9.17, 15) is 19.7 Å². The summed E-state index contributed by atoms with van der Waals surface area (Å²) in [5, 5.41) is 10.7. The Kier molecular flexibility index (Phi) is 5.45. The first-order chi connectivity index (χ1) is 13.5. The van der Waals surface area contributed by atoms with Crippen LogP contribution in [0.5, 0.6) is 11.5 Å². The van der Waals surface area contributed by atoms with Crippen LogP contribution in [0.1, 0.15) is 26.3 Å². The molecule has 0 aliphatic carbocycles. The lowest BCUT2D eigenvalue weighted by atomic mass is 9.98. The number of benzene rings is 3. The van der Waals surface area contributed by atoms with Crippen molar-refractivity contribution in [1.82, 2.24) is 0 Å². The number of carbonyl (C=O) groups excluding carboxylic acids is 2. The van der Waals surface area contributed by atoms with Gasteiger partial charge in [-0.1, -0.05) is 30.3 Å². The Hall–Kier alpha value is -4.00. The Labute approximate surface area is 160 Å². The normalized spacial score (nSPS) is 10.2. The predicted octanol–water partition coefficient (Wildman–Crippen LogP) is 4.05. The number of nitrogens with zero attached hydrogens (tertiary/aromatic N) is 1. The van der Waals surface area contributed by atoms with Crippen LogP contribution in [0.25, 0.3) is 0 Å². The summed E-state index contributed by atoms with van der Waals surface area (Å²) in [4.78, 5) is 35.7. The molecule has 7 nitrogen and oxygen atoms in total. The molecule has 7 heteroatoms. The van der Waals surface area contributed by atoms with Crippen molar-refractivity contribution in [2.45, 2.75) is 0 Å². The van der Waals surface area contributed by atoms with Gasteiger partial charge in [0.25, 0.3) is 5.69 Å². The van der Waals surface area contributed by atoms with Crippen LogP contribution in [0, 0.1) is 10.1 Å². The molecule has 0 saturated heterocycles. The van der Waals surface area contributed by atoms with Gasteiger partial charge in [-0.25, -0.2) is 4.79 Å². The molecule has 3 aromatic carbocycles. The number of esters is 1. The lowest BCUT2D eigenvalue weighted by Gasteiger charge is -2.11. The molecule has 0 amide bonds. The Balaban J connectivity index is 1.90. The molecule has 3 rings (SSSR count). The smallest absolute Gasteiger partial charge is 0.344 e. The van der Waals surface area contributed by atoms with Crippen LogP contribution < -0.4 is 9.47 Å². The summed E-state index contributed by atoms with van der Waals surface area (Å²) in [7, 11) is 1.46. The number of non-ortho nitro benzene ring substituents is 1. The van der Waals surface area contributed by atoms with Crippen LogP contribution in [0.2, 0.25) is 0 Å². The zero-order valence-electron chi connectivity index (χ0n) is 14.8. The number of methoxy groups -OCH3 is 1. The SMILES string of the molecule is COc1ccccc1C(=O)c1ccccc1C(=O)Oc1ccc([N+](=O)[O-])cc1. The zero-order valence-corrected chi connectivity index (χ0v) is 14.8. The maximum absolute atomic E-state index is 13.0. The Morgan fingerprint density at radius 1 is 0.821 bits per heavy atom. The second kappa shape index (κ2) is 8.13. The molecule has 0 unspecified atom stereocenters. The van der Waals surface area contributed by atoms with Crippen molar-refractivity contribution in [3.05, 3.63) is 99.6 Å². The van der Waals surface area contributed by atoms with Crippen LogP contribution in [-0.2, 0) is 0 Å². The highest BCUT2D eigenvalue weighted by molar-refractivity contribution is 6.15. The Morgan fingerprint density at radius 2 is 1.39 bits per heavy atom. The minimum atomic E-state index is -0.743. The number of rotatable bonds is 6. The summed E-state index contributed by atoms with van der Waals surface area (Å²) < 4.78 is 10.5. The predicted molar refractivity (Wildman–Crippen MR) is 101 cm³/mol. The van der Waals surface area contributed by atoms with Crippen molar-refractivity contribution in [3.8, 4) is 11.5 Å². The monoisotopic (exact) mass is 377 g/mol. The van der Waals surface area contributed by atoms with Gasteiger partial charge in [-0.05, 0) is 30.3 Å². The van der Waals surface area contributed by atoms with Crippen LogP contribution >= 0.6 is 0 Å². The fourth-order valence-electron chi connectivity index (χ4n) is 2.63. The van der Waals surface area contributed by atoms with Gasteiger partial charge in [0.1, 0.15) is 11.5 Å². The molecule has 0 saturated carbocycles. The van der Waals surface area contributed by atoms with E-state index in [4.69, 9.17) is 9.47 Å². The van der Waals surface area contributed by atoms with E-state index in [1.807, 2.05) is 0 Å². The van der Waals surface area contributed by atoms with Gasteiger partial charge in [0.15, 0.2) is 5.78 Å². The second-order valence-electron chi connectivity index (χ2n) is 5.72. The van der Waals surface area contributed by atoms with E-state index in [1.165, 1.54) is 43.5 Å². The molecular weight excluding hydrogens is 362 g/mol. The largest absolute Gasteiger partial charge is 0.496 e. The maximum atomic E-state index is 13.0. The zero-order chi connectivity index (χ0) is 20.1. The summed E-state index contributed by atoms with van der Waals surface area (Å²) in [6.45, 7) is 0. The maximum Gasteiger partial charge on any atom is 0.344 e. The average molecular weight is 377 g/mol. The van der Waals surface area contributed by atoms with E-state index in [1.54, 1.807) is 36.4 Å². The molecule has 0 fully saturated rings. The molecule has 0 bridgehead atoms. The van der Waals surface area contributed by atoms with Crippen LogP contribution in [-0.4, -0.2) is 23.8 Å². The molecule has 0 radical (unpaired) electrons. The van der Waals surface area contributed by atoms with Gasteiger partial charge in [-0.3, -0.25) is 14.9 Å². The molecule has 0 aliphatic rings. The van der Waals surface area contributed by atoms with E-state index in [0.29, 0.717) is 11.3 Å². The fraction of sp³-hybridized carbons (Fsp3) is 0.0476. The quantitative estimate of drug-likeness (QED) is 0.211. The number of ketones is 1. The fourth-order valence-corrected chi connectivity index (χ4v) is 2.63. The van der Waals surface area contributed by atoms with Gasteiger partial charge in [0.05, 0.1) is 23.2 Å². The number of para-hydroxylation sites is 1. The third-order valence-corrected chi connectivity index (χ3v) is 4.00. The van der Waals surface area contributed by atoms with Crippen LogP contribution in [0.4, 0.5) is 5.69 Å². The van der Waals surface area contributed by atoms with E-state index in [2.05, 4.69) is 0 Å². The topological polar surface area (TPSA) is 95.7 Å². The summed E-state index contributed by atoms with van der Waals surface area (Å²) in [6, 6.07) is 18.1. The van der Waals surface area contributed by atoms with Crippen molar-refractivity contribution in [3.63, 3.8) is 0 Å². The minimum Gasteiger partial charge on any atom is -0.496 e. The number of nitro groups is 1.